The van der Waals surface area contributed by atoms with Gasteiger partial charge in [-0.3, -0.25) is 14.9 Å². The first-order valence-electron chi connectivity index (χ1n) is 6.51. The van der Waals surface area contributed by atoms with Crippen LogP contribution in [0.2, 0.25) is 5.02 Å². The molecule has 5 nitrogen and oxygen atoms in total. The second-order valence-corrected chi connectivity index (χ2v) is 5.53. The molecule has 0 amide bonds. The van der Waals surface area contributed by atoms with E-state index in [0.717, 1.165) is 25.9 Å². The van der Waals surface area contributed by atoms with Gasteiger partial charge in [0.2, 0.25) is 0 Å². The van der Waals surface area contributed by atoms with Crippen molar-refractivity contribution in [2.75, 3.05) is 13.1 Å². The largest absolute Gasteiger partial charge is 0.369 e. The first kappa shape index (κ1) is 13.1. The number of nitro groups is 1. The number of carbonyl (C=O) groups is 1. The lowest BCUT2D eigenvalue weighted by molar-refractivity contribution is -0.384. The molecule has 6 heteroatoms. The van der Waals surface area contributed by atoms with Crippen molar-refractivity contribution < 1.29 is 9.72 Å². The Bertz CT molecular complexity index is 619. The van der Waals surface area contributed by atoms with Crippen molar-refractivity contribution in [2.24, 2.45) is 5.92 Å². The number of benzene rings is 1. The molecule has 0 aliphatic carbocycles. The lowest BCUT2D eigenvalue weighted by Crippen LogP contribution is -2.45. The van der Waals surface area contributed by atoms with Crippen LogP contribution in [0.1, 0.15) is 18.4 Å². The number of nitro benzene ring substituents is 1. The van der Waals surface area contributed by atoms with Gasteiger partial charge in [-0.25, -0.2) is 0 Å². The minimum atomic E-state index is -0.465. The molecule has 1 aromatic rings. The molecule has 0 atom stereocenters. The van der Waals surface area contributed by atoms with Crippen LogP contribution in [0.15, 0.2) is 23.9 Å². The Morgan fingerprint density at radius 1 is 1.35 bits per heavy atom. The van der Waals surface area contributed by atoms with Gasteiger partial charge in [-0.05, 0) is 25.0 Å². The molecule has 2 bridgehead atoms. The fourth-order valence-electron chi connectivity index (χ4n) is 2.81. The SMILES string of the molecule is O=C1/C(=C/c2cc([N+](=O)[O-])ccc2Cl)N2CCC1CC2. The fraction of sp³-hybridized carbons (Fsp3) is 0.357. The van der Waals surface area contributed by atoms with Crippen LogP contribution in [-0.2, 0) is 4.79 Å². The average Bonchev–Trinajstić information content (AvgIpc) is 2.45. The molecular formula is C14H13ClN2O3. The Balaban J connectivity index is 2.01. The zero-order chi connectivity index (χ0) is 14.3. The van der Waals surface area contributed by atoms with Crippen LogP contribution in [-0.4, -0.2) is 28.7 Å². The standard InChI is InChI=1S/C14H13ClN2O3/c15-12-2-1-11(17(19)20)7-10(12)8-13-14(18)9-3-5-16(13)6-4-9/h1-2,7-9H,3-6H2/b13-8-. The second-order valence-electron chi connectivity index (χ2n) is 5.12. The lowest BCUT2D eigenvalue weighted by Gasteiger charge is -2.41. The molecule has 0 N–H and O–H groups in total. The predicted octanol–water partition coefficient (Wildman–Crippen LogP) is 2.88. The number of fused-ring (bicyclic) bond motifs is 3. The number of non-ortho nitro benzene ring substituents is 1. The molecule has 0 aromatic heterocycles. The van der Waals surface area contributed by atoms with Crippen molar-refractivity contribution in [1.29, 1.82) is 0 Å². The number of allylic oxidation sites excluding steroid dienone is 1. The summed E-state index contributed by atoms with van der Waals surface area (Å²) in [5, 5.41) is 11.2. The second kappa shape index (κ2) is 4.90. The van der Waals surface area contributed by atoms with Crippen LogP contribution in [0.3, 0.4) is 0 Å². The molecule has 20 heavy (non-hydrogen) atoms. The summed E-state index contributed by atoms with van der Waals surface area (Å²) >= 11 is 6.07. The number of piperidine rings is 3. The minimum Gasteiger partial charge on any atom is -0.369 e. The van der Waals surface area contributed by atoms with E-state index in [1.165, 1.54) is 18.2 Å². The summed E-state index contributed by atoms with van der Waals surface area (Å²) in [6, 6.07) is 4.26. The maximum atomic E-state index is 12.2. The van der Waals surface area contributed by atoms with Crippen molar-refractivity contribution in [3.05, 3.63) is 44.6 Å². The molecule has 0 spiro atoms. The van der Waals surface area contributed by atoms with Crippen LogP contribution in [0.25, 0.3) is 6.08 Å². The highest BCUT2D eigenvalue weighted by molar-refractivity contribution is 6.32. The Kier molecular flexibility index (Phi) is 3.22. The monoisotopic (exact) mass is 292 g/mol. The van der Waals surface area contributed by atoms with E-state index in [1.54, 1.807) is 6.08 Å². The van der Waals surface area contributed by atoms with Gasteiger partial charge in [0.1, 0.15) is 0 Å². The maximum Gasteiger partial charge on any atom is 0.270 e. The van der Waals surface area contributed by atoms with Crippen LogP contribution >= 0.6 is 11.6 Å². The molecule has 1 aromatic carbocycles. The molecule has 3 aliphatic rings. The number of hydrogen-bond acceptors (Lipinski definition) is 4. The van der Waals surface area contributed by atoms with Gasteiger partial charge in [-0.1, -0.05) is 11.6 Å². The van der Waals surface area contributed by atoms with Crippen molar-refractivity contribution in [3.8, 4) is 0 Å². The van der Waals surface area contributed by atoms with E-state index in [9.17, 15) is 14.9 Å². The lowest BCUT2D eigenvalue weighted by atomic mass is 9.84. The summed E-state index contributed by atoms with van der Waals surface area (Å²) in [5.74, 6) is 0.230. The fourth-order valence-corrected chi connectivity index (χ4v) is 2.98. The van der Waals surface area contributed by atoms with Crippen LogP contribution in [0.5, 0.6) is 0 Å². The van der Waals surface area contributed by atoms with E-state index in [0.29, 0.717) is 16.3 Å². The van der Waals surface area contributed by atoms with E-state index in [2.05, 4.69) is 0 Å². The van der Waals surface area contributed by atoms with E-state index in [-0.39, 0.29) is 17.4 Å². The van der Waals surface area contributed by atoms with Crippen LogP contribution in [0, 0.1) is 16.0 Å². The van der Waals surface area contributed by atoms with Crippen molar-refractivity contribution in [3.63, 3.8) is 0 Å². The molecule has 3 saturated heterocycles. The number of hydrogen-bond donors (Lipinski definition) is 0. The quantitative estimate of drug-likeness (QED) is 0.478. The molecular weight excluding hydrogens is 280 g/mol. The number of ketones is 1. The van der Waals surface area contributed by atoms with Gasteiger partial charge in [0.25, 0.3) is 5.69 Å². The van der Waals surface area contributed by atoms with Gasteiger partial charge < -0.3 is 4.90 Å². The van der Waals surface area contributed by atoms with Gasteiger partial charge >= 0.3 is 0 Å². The number of carbonyl (C=O) groups excluding carboxylic acids is 1. The predicted molar refractivity (Wildman–Crippen MR) is 75.4 cm³/mol. The molecule has 3 fully saturated rings. The summed E-state index contributed by atoms with van der Waals surface area (Å²) in [6.07, 6.45) is 3.49. The highest BCUT2D eigenvalue weighted by atomic mass is 35.5. The zero-order valence-corrected chi connectivity index (χ0v) is 11.5. The number of nitrogens with zero attached hydrogens (tertiary/aromatic N) is 2. The number of Topliss-reactive ketones (excluding diaryl/α,β-unsaturated/α-hetero) is 1. The van der Waals surface area contributed by atoms with Crippen LogP contribution in [0.4, 0.5) is 5.69 Å². The minimum absolute atomic E-state index is 0.0235. The third-order valence-corrected chi connectivity index (χ3v) is 4.29. The molecule has 3 heterocycles. The van der Waals surface area contributed by atoms with Gasteiger partial charge in [0.05, 0.1) is 10.6 Å². The molecule has 104 valence electrons. The summed E-state index contributed by atoms with van der Waals surface area (Å²) < 4.78 is 0. The van der Waals surface area contributed by atoms with E-state index in [1.807, 2.05) is 4.90 Å². The van der Waals surface area contributed by atoms with Gasteiger partial charge in [-0.15, -0.1) is 0 Å². The summed E-state index contributed by atoms with van der Waals surface area (Å²) in [4.78, 5) is 24.6. The van der Waals surface area contributed by atoms with Gasteiger partial charge in [-0.2, -0.15) is 0 Å². The molecule has 3 aliphatic heterocycles. The molecule has 0 unspecified atom stereocenters. The zero-order valence-electron chi connectivity index (χ0n) is 10.7. The van der Waals surface area contributed by atoms with Gasteiger partial charge in [0, 0.05) is 41.7 Å². The Hall–Kier alpha value is -1.88. The third kappa shape index (κ3) is 2.18. The topological polar surface area (TPSA) is 63.4 Å². The van der Waals surface area contributed by atoms with Gasteiger partial charge in [0.15, 0.2) is 5.78 Å². The maximum absolute atomic E-state index is 12.2. The van der Waals surface area contributed by atoms with Crippen molar-refractivity contribution in [2.45, 2.75) is 12.8 Å². The average molecular weight is 293 g/mol. The Labute approximate surface area is 121 Å². The number of rotatable bonds is 2. The van der Waals surface area contributed by atoms with Crippen molar-refractivity contribution in [1.82, 2.24) is 4.90 Å². The summed E-state index contributed by atoms with van der Waals surface area (Å²) in [6.45, 7) is 1.74. The summed E-state index contributed by atoms with van der Waals surface area (Å²) in [5.41, 5.74) is 1.14. The normalized spacial score (nSPS) is 20.8. The first-order valence-corrected chi connectivity index (χ1v) is 6.89. The van der Waals surface area contributed by atoms with E-state index < -0.39 is 4.92 Å². The molecule has 0 radical (unpaired) electrons. The Morgan fingerprint density at radius 2 is 2.05 bits per heavy atom. The first-order chi connectivity index (χ1) is 9.56. The molecule has 0 saturated carbocycles. The van der Waals surface area contributed by atoms with E-state index >= 15 is 0 Å². The van der Waals surface area contributed by atoms with E-state index in [4.69, 9.17) is 11.6 Å². The molecule has 4 rings (SSSR count). The number of halogens is 1. The Morgan fingerprint density at radius 3 is 2.65 bits per heavy atom. The van der Waals surface area contributed by atoms with Crippen LogP contribution < -0.4 is 0 Å². The third-order valence-electron chi connectivity index (χ3n) is 3.94. The highest BCUT2D eigenvalue weighted by Gasteiger charge is 2.36. The summed E-state index contributed by atoms with van der Waals surface area (Å²) in [7, 11) is 0. The smallest absolute Gasteiger partial charge is 0.270 e. The highest BCUT2D eigenvalue weighted by Crippen LogP contribution is 2.34. The van der Waals surface area contributed by atoms with Crippen molar-refractivity contribution >= 4 is 29.1 Å².